The summed E-state index contributed by atoms with van der Waals surface area (Å²) in [5, 5.41) is 18.2. The number of hydrogen-bond donors (Lipinski definition) is 2. The van der Waals surface area contributed by atoms with Crippen molar-refractivity contribution < 1.29 is 15.0 Å². The van der Waals surface area contributed by atoms with Crippen LogP contribution >= 0.6 is 0 Å². The van der Waals surface area contributed by atoms with Crippen molar-refractivity contribution in [3.8, 4) is 0 Å². The van der Waals surface area contributed by atoms with Crippen LogP contribution in [0.1, 0.15) is 33.6 Å². The summed E-state index contributed by atoms with van der Waals surface area (Å²) in [6, 6.07) is 0. The van der Waals surface area contributed by atoms with Crippen LogP contribution in [-0.4, -0.2) is 21.8 Å². The first-order valence-corrected chi connectivity index (χ1v) is 3.86. The average molecular weight is 160 g/mol. The molecule has 0 amide bonds. The number of rotatable bonds is 4. The van der Waals surface area contributed by atoms with Crippen LogP contribution in [-0.2, 0) is 4.79 Å². The molecular formula is C8H16O3. The molecule has 0 aliphatic heterocycles. The number of carboxylic acids is 1. The molecule has 3 heteroatoms. The van der Waals surface area contributed by atoms with Gasteiger partial charge in [-0.2, -0.15) is 0 Å². The van der Waals surface area contributed by atoms with E-state index in [0.717, 1.165) is 0 Å². The Labute approximate surface area is 67.0 Å². The van der Waals surface area contributed by atoms with Crippen molar-refractivity contribution in [3.05, 3.63) is 0 Å². The molecule has 0 spiro atoms. The van der Waals surface area contributed by atoms with E-state index in [-0.39, 0.29) is 12.3 Å². The molecule has 0 rings (SSSR count). The second-order valence-electron chi connectivity index (χ2n) is 3.18. The summed E-state index contributed by atoms with van der Waals surface area (Å²) < 4.78 is 0. The molecule has 0 unspecified atom stereocenters. The van der Waals surface area contributed by atoms with Gasteiger partial charge < -0.3 is 10.2 Å². The van der Waals surface area contributed by atoms with Crippen LogP contribution < -0.4 is 0 Å². The molecule has 2 N–H and O–H groups in total. The fourth-order valence-electron chi connectivity index (χ4n) is 0.999. The predicted molar refractivity (Wildman–Crippen MR) is 42.3 cm³/mol. The van der Waals surface area contributed by atoms with E-state index in [1.807, 2.05) is 13.8 Å². The molecule has 11 heavy (non-hydrogen) atoms. The van der Waals surface area contributed by atoms with Crippen molar-refractivity contribution in [2.45, 2.75) is 39.2 Å². The third-order valence-electron chi connectivity index (χ3n) is 2.14. The van der Waals surface area contributed by atoms with Crippen molar-refractivity contribution in [2.24, 2.45) is 5.92 Å². The summed E-state index contributed by atoms with van der Waals surface area (Å²) in [7, 11) is 0. The first kappa shape index (κ1) is 10.4. The van der Waals surface area contributed by atoms with E-state index < -0.39 is 11.6 Å². The molecule has 0 heterocycles. The highest BCUT2D eigenvalue weighted by molar-refractivity contribution is 5.68. The number of aliphatic hydroxyl groups is 1. The summed E-state index contributed by atoms with van der Waals surface area (Å²) >= 11 is 0. The van der Waals surface area contributed by atoms with E-state index in [4.69, 9.17) is 5.11 Å². The van der Waals surface area contributed by atoms with Gasteiger partial charge in [-0.3, -0.25) is 4.79 Å². The predicted octanol–water partition coefficient (Wildman–Crippen LogP) is 1.26. The smallest absolute Gasteiger partial charge is 0.306 e. The standard InChI is InChI=1S/C8H16O3/c1-4-8(11,6(2)3)5-7(9)10/h6,11H,4-5H2,1-3H3,(H,9,10)/t8-/m1/s1. The normalized spacial score (nSPS) is 16.5. The van der Waals surface area contributed by atoms with Crippen LogP contribution in [0.25, 0.3) is 0 Å². The molecule has 66 valence electrons. The van der Waals surface area contributed by atoms with E-state index in [1.165, 1.54) is 0 Å². The Bertz CT molecular complexity index is 142. The molecule has 0 saturated heterocycles. The quantitative estimate of drug-likeness (QED) is 0.651. The maximum atomic E-state index is 10.3. The Kier molecular flexibility index (Phi) is 3.52. The number of aliphatic carboxylic acids is 1. The Morgan fingerprint density at radius 3 is 2.09 bits per heavy atom. The highest BCUT2D eigenvalue weighted by Gasteiger charge is 2.31. The van der Waals surface area contributed by atoms with Crippen molar-refractivity contribution in [1.29, 1.82) is 0 Å². The van der Waals surface area contributed by atoms with Gasteiger partial charge in [-0.05, 0) is 12.3 Å². The van der Waals surface area contributed by atoms with Crippen LogP contribution in [0, 0.1) is 5.92 Å². The molecule has 1 atom stereocenters. The Balaban J connectivity index is 4.22. The third-order valence-corrected chi connectivity index (χ3v) is 2.14. The number of hydrogen-bond acceptors (Lipinski definition) is 2. The van der Waals surface area contributed by atoms with Gasteiger partial charge in [0, 0.05) is 0 Å². The molecule has 0 aromatic heterocycles. The Morgan fingerprint density at radius 2 is 2.00 bits per heavy atom. The average Bonchev–Trinajstić information content (AvgIpc) is 1.86. The topological polar surface area (TPSA) is 57.5 Å². The van der Waals surface area contributed by atoms with E-state index in [0.29, 0.717) is 6.42 Å². The second kappa shape index (κ2) is 3.72. The monoisotopic (exact) mass is 160 g/mol. The zero-order chi connectivity index (χ0) is 9.07. The van der Waals surface area contributed by atoms with Gasteiger partial charge in [0.15, 0.2) is 0 Å². The van der Waals surface area contributed by atoms with Gasteiger partial charge >= 0.3 is 5.97 Å². The first-order chi connectivity index (χ1) is 4.92. The van der Waals surface area contributed by atoms with Gasteiger partial charge in [-0.25, -0.2) is 0 Å². The zero-order valence-corrected chi connectivity index (χ0v) is 7.29. The zero-order valence-electron chi connectivity index (χ0n) is 7.29. The van der Waals surface area contributed by atoms with Crippen LogP contribution in [0.5, 0.6) is 0 Å². The van der Waals surface area contributed by atoms with E-state index in [9.17, 15) is 9.90 Å². The number of carbonyl (C=O) groups is 1. The molecule has 0 aromatic rings. The van der Waals surface area contributed by atoms with Crippen molar-refractivity contribution >= 4 is 5.97 Å². The summed E-state index contributed by atoms with van der Waals surface area (Å²) in [5.74, 6) is -0.952. The first-order valence-electron chi connectivity index (χ1n) is 3.86. The van der Waals surface area contributed by atoms with Crippen LogP contribution in [0.15, 0.2) is 0 Å². The molecule has 0 aliphatic carbocycles. The van der Waals surface area contributed by atoms with E-state index in [2.05, 4.69) is 0 Å². The molecule has 0 radical (unpaired) electrons. The maximum absolute atomic E-state index is 10.3. The van der Waals surface area contributed by atoms with Crippen molar-refractivity contribution in [3.63, 3.8) is 0 Å². The van der Waals surface area contributed by atoms with Gasteiger partial charge in [0.2, 0.25) is 0 Å². The highest BCUT2D eigenvalue weighted by atomic mass is 16.4. The molecule has 0 fully saturated rings. The molecular weight excluding hydrogens is 144 g/mol. The van der Waals surface area contributed by atoms with Crippen molar-refractivity contribution in [2.75, 3.05) is 0 Å². The van der Waals surface area contributed by atoms with E-state index >= 15 is 0 Å². The highest BCUT2D eigenvalue weighted by Crippen LogP contribution is 2.24. The van der Waals surface area contributed by atoms with Crippen LogP contribution in [0.2, 0.25) is 0 Å². The minimum Gasteiger partial charge on any atom is -0.481 e. The SMILES string of the molecule is CC[C@@](O)(CC(=O)O)C(C)C. The lowest BCUT2D eigenvalue weighted by molar-refractivity contribution is -0.144. The molecule has 3 nitrogen and oxygen atoms in total. The van der Waals surface area contributed by atoms with Gasteiger partial charge in [0.05, 0.1) is 12.0 Å². The van der Waals surface area contributed by atoms with Crippen molar-refractivity contribution in [1.82, 2.24) is 0 Å². The molecule has 0 aliphatic rings. The lowest BCUT2D eigenvalue weighted by Gasteiger charge is -2.29. The Morgan fingerprint density at radius 1 is 1.55 bits per heavy atom. The third kappa shape index (κ3) is 2.89. The van der Waals surface area contributed by atoms with Crippen LogP contribution in [0.4, 0.5) is 0 Å². The number of carboxylic acid groups (broad SMARTS) is 1. The maximum Gasteiger partial charge on any atom is 0.306 e. The van der Waals surface area contributed by atoms with E-state index in [1.54, 1.807) is 6.92 Å². The lowest BCUT2D eigenvalue weighted by atomic mass is 9.85. The summed E-state index contributed by atoms with van der Waals surface area (Å²) in [5.41, 5.74) is -1.04. The summed E-state index contributed by atoms with van der Waals surface area (Å²) in [6.07, 6.45) is 0.318. The van der Waals surface area contributed by atoms with Gasteiger partial charge in [-0.15, -0.1) is 0 Å². The van der Waals surface area contributed by atoms with Crippen LogP contribution in [0.3, 0.4) is 0 Å². The molecule has 0 bridgehead atoms. The fourth-order valence-corrected chi connectivity index (χ4v) is 0.999. The lowest BCUT2D eigenvalue weighted by Crippen LogP contribution is -2.36. The molecule has 0 aromatic carbocycles. The van der Waals surface area contributed by atoms with Gasteiger partial charge in [0.1, 0.15) is 0 Å². The minimum absolute atomic E-state index is 0.0106. The fraction of sp³-hybridized carbons (Fsp3) is 0.875. The van der Waals surface area contributed by atoms with Gasteiger partial charge in [-0.1, -0.05) is 20.8 Å². The largest absolute Gasteiger partial charge is 0.481 e. The molecule has 0 saturated carbocycles. The summed E-state index contributed by atoms with van der Waals surface area (Å²) in [4.78, 5) is 10.3. The Hall–Kier alpha value is -0.570. The second-order valence-corrected chi connectivity index (χ2v) is 3.18. The van der Waals surface area contributed by atoms with Gasteiger partial charge in [0.25, 0.3) is 0 Å². The summed E-state index contributed by atoms with van der Waals surface area (Å²) in [6.45, 7) is 5.45. The minimum atomic E-state index is -1.04.